The average Bonchev–Trinajstić information content (AvgIpc) is 2.79. The zero-order valence-corrected chi connectivity index (χ0v) is 16.7. The number of rotatable bonds is 5. The van der Waals surface area contributed by atoms with E-state index in [9.17, 15) is 25.2 Å². The van der Waals surface area contributed by atoms with Gasteiger partial charge in [-0.05, 0) is 5.56 Å². The molecule has 1 fully saturated rings. The van der Waals surface area contributed by atoms with E-state index in [1.807, 2.05) is 30.3 Å². The highest BCUT2D eigenvalue weighted by Crippen LogP contribution is 2.43. The Morgan fingerprint density at radius 2 is 1.81 bits per heavy atom. The Balaban J connectivity index is 1.66. The predicted molar refractivity (Wildman–Crippen MR) is 106 cm³/mol. The Morgan fingerprint density at radius 3 is 2.48 bits per heavy atom. The van der Waals surface area contributed by atoms with Crippen molar-refractivity contribution in [2.75, 3.05) is 13.7 Å². The van der Waals surface area contributed by atoms with Crippen LogP contribution < -0.4 is 14.2 Å². The van der Waals surface area contributed by atoms with Crippen LogP contribution in [0.4, 0.5) is 0 Å². The second-order valence-corrected chi connectivity index (χ2v) is 7.46. The average molecular weight is 432 g/mol. The number of hydrogen-bond acceptors (Lipinski definition) is 9. The van der Waals surface area contributed by atoms with Crippen LogP contribution in [0, 0.1) is 0 Å². The van der Waals surface area contributed by atoms with Crippen LogP contribution in [0.3, 0.4) is 0 Å². The zero-order chi connectivity index (χ0) is 22.1. The van der Waals surface area contributed by atoms with Crippen molar-refractivity contribution in [3.05, 3.63) is 53.6 Å². The van der Waals surface area contributed by atoms with Crippen LogP contribution in [0.25, 0.3) is 0 Å². The predicted octanol–water partition coefficient (Wildman–Crippen LogP) is 0.580. The zero-order valence-electron chi connectivity index (χ0n) is 16.7. The summed E-state index contributed by atoms with van der Waals surface area (Å²) in [7, 11) is 1.44. The first-order chi connectivity index (χ1) is 14.9. The Hall–Kier alpha value is -2.69. The molecule has 0 unspecified atom stereocenters. The van der Waals surface area contributed by atoms with E-state index in [0.29, 0.717) is 5.75 Å². The quantitative estimate of drug-likeness (QED) is 0.535. The highest BCUT2D eigenvalue weighted by atomic mass is 16.7. The van der Waals surface area contributed by atoms with Crippen molar-refractivity contribution in [2.45, 2.75) is 43.2 Å². The monoisotopic (exact) mass is 432 g/mol. The van der Waals surface area contributed by atoms with Gasteiger partial charge < -0.3 is 39.4 Å². The van der Waals surface area contributed by atoms with E-state index in [1.54, 1.807) is 6.07 Å². The van der Waals surface area contributed by atoms with Crippen molar-refractivity contribution in [1.29, 1.82) is 0 Å². The number of benzene rings is 2. The summed E-state index contributed by atoms with van der Waals surface area (Å²) < 4.78 is 22.5. The van der Waals surface area contributed by atoms with Gasteiger partial charge in [0.2, 0.25) is 6.29 Å². The van der Waals surface area contributed by atoms with Crippen LogP contribution in [0.2, 0.25) is 0 Å². The molecule has 2 aromatic carbocycles. The molecular weight excluding hydrogens is 408 g/mol. The van der Waals surface area contributed by atoms with Crippen molar-refractivity contribution in [1.82, 2.24) is 0 Å². The lowest BCUT2D eigenvalue weighted by Crippen LogP contribution is -2.60. The van der Waals surface area contributed by atoms with Crippen LogP contribution in [0.5, 0.6) is 17.2 Å². The van der Waals surface area contributed by atoms with Crippen molar-refractivity contribution < 1.29 is 44.2 Å². The second-order valence-electron chi connectivity index (χ2n) is 7.46. The van der Waals surface area contributed by atoms with E-state index in [2.05, 4.69) is 0 Å². The maximum atomic E-state index is 13.0. The molecule has 2 aromatic rings. The summed E-state index contributed by atoms with van der Waals surface area (Å²) in [5, 5.41) is 39.6. The van der Waals surface area contributed by atoms with Crippen LogP contribution in [-0.2, 0) is 4.74 Å². The van der Waals surface area contributed by atoms with Crippen molar-refractivity contribution in [3.63, 3.8) is 0 Å². The summed E-state index contributed by atoms with van der Waals surface area (Å²) in [5.74, 6) is 0.399. The molecule has 0 saturated carbocycles. The van der Waals surface area contributed by atoms with Gasteiger partial charge in [-0.15, -0.1) is 0 Å². The van der Waals surface area contributed by atoms with Crippen LogP contribution in [0.1, 0.15) is 28.4 Å². The molecular formula is C22H24O9. The Bertz CT molecular complexity index is 930. The normalized spacial score (nSPS) is 30.3. The summed E-state index contributed by atoms with van der Waals surface area (Å²) in [5.41, 5.74) is 1.01. The molecule has 166 valence electrons. The number of methoxy groups -OCH3 is 1. The van der Waals surface area contributed by atoms with Gasteiger partial charge in [-0.2, -0.15) is 0 Å². The van der Waals surface area contributed by atoms with Gasteiger partial charge in [-0.1, -0.05) is 30.3 Å². The minimum absolute atomic E-state index is 0.0372. The topological polar surface area (TPSA) is 135 Å². The SMILES string of the molecule is COc1cc(O[C@@H]2O[C@@H](CO)[C@@H](O)[C@H](O)[C@H]2O)c2c(c1)O[C@H](c1ccccc1)CC2=O. The Morgan fingerprint density at radius 1 is 1.06 bits per heavy atom. The van der Waals surface area contributed by atoms with E-state index >= 15 is 0 Å². The van der Waals surface area contributed by atoms with E-state index < -0.39 is 43.4 Å². The Kier molecular flexibility index (Phi) is 6.12. The molecule has 31 heavy (non-hydrogen) atoms. The standard InChI is InChI=1S/C22H24O9/c1-28-12-7-15-18(13(24)9-14(29-15)11-5-3-2-4-6-11)16(8-12)30-22-21(27)20(26)19(25)17(10-23)31-22/h2-8,14,17,19-23,25-27H,9-10H2,1H3/t14-,17-,19+,20-,21+,22+/m0/s1. The van der Waals surface area contributed by atoms with Crippen LogP contribution >= 0.6 is 0 Å². The van der Waals surface area contributed by atoms with Crippen molar-refractivity contribution in [3.8, 4) is 17.2 Å². The number of ether oxygens (including phenoxy) is 4. The van der Waals surface area contributed by atoms with Crippen molar-refractivity contribution in [2.24, 2.45) is 0 Å². The minimum atomic E-state index is -1.61. The van der Waals surface area contributed by atoms with Crippen LogP contribution in [0.15, 0.2) is 42.5 Å². The molecule has 4 N–H and O–H groups in total. The maximum Gasteiger partial charge on any atom is 0.229 e. The number of carbonyl (C=O) groups excluding carboxylic acids is 1. The van der Waals surface area contributed by atoms with Gasteiger partial charge in [-0.3, -0.25) is 4.79 Å². The smallest absolute Gasteiger partial charge is 0.229 e. The van der Waals surface area contributed by atoms with Crippen LogP contribution in [-0.4, -0.2) is 70.6 Å². The molecule has 9 nitrogen and oxygen atoms in total. The van der Waals surface area contributed by atoms with Gasteiger partial charge in [0, 0.05) is 12.1 Å². The van der Waals surface area contributed by atoms with Crippen molar-refractivity contribution >= 4 is 5.78 Å². The molecule has 0 aliphatic carbocycles. The van der Waals surface area contributed by atoms with E-state index in [1.165, 1.54) is 13.2 Å². The third kappa shape index (κ3) is 4.10. The number of Topliss-reactive ketones (excluding diaryl/α,β-unsaturated/α-hetero) is 1. The number of ketones is 1. The molecule has 0 bridgehead atoms. The number of fused-ring (bicyclic) bond motifs is 1. The fraction of sp³-hybridized carbons (Fsp3) is 0.409. The van der Waals surface area contributed by atoms with E-state index in [4.69, 9.17) is 18.9 Å². The first-order valence-corrected chi connectivity index (χ1v) is 9.87. The van der Waals surface area contributed by atoms with Gasteiger partial charge in [-0.25, -0.2) is 0 Å². The first-order valence-electron chi connectivity index (χ1n) is 9.87. The summed E-state index contributed by atoms with van der Waals surface area (Å²) >= 11 is 0. The van der Waals surface area contributed by atoms with Gasteiger partial charge in [0.25, 0.3) is 0 Å². The van der Waals surface area contributed by atoms with E-state index in [-0.39, 0.29) is 29.3 Å². The largest absolute Gasteiger partial charge is 0.496 e. The molecule has 9 heteroatoms. The summed E-state index contributed by atoms with van der Waals surface area (Å²) in [6.45, 7) is -0.595. The number of carbonyl (C=O) groups is 1. The maximum absolute atomic E-state index is 13.0. The van der Waals surface area contributed by atoms with Gasteiger partial charge in [0.05, 0.1) is 20.1 Å². The molecule has 0 spiro atoms. The lowest BCUT2D eigenvalue weighted by atomic mass is 9.95. The summed E-state index contributed by atoms with van der Waals surface area (Å²) in [6, 6.07) is 12.4. The molecule has 0 amide bonds. The lowest BCUT2D eigenvalue weighted by molar-refractivity contribution is -0.277. The molecule has 2 heterocycles. The molecule has 0 radical (unpaired) electrons. The number of aliphatic hydroxyl groups is 4. The summed E-state index contributed by atoms with van der Waals surface area (Å²) in [4.78, 5) is 13.0. The van der Waals surface area contributed by atoms with Gasteiger partial charge in [0.1, 0.15) is 53.3 Å². The molecule has 1 saturated heterocycles. The second kappa shape index (κ2) is 8.81. The lowest BCUT2D eigenvalue weighted by Gasteiger charge is -2.40. The highest BCUT2D eigenvalue weighted by Gasteiger charge is 2.45. The third-order valence-electron chi connectivity index (χ3n) is 5.46. The minimum Gasteiger partial charge on any atom is -0.496 e. The molecule has 6 atom stereocenters. The van der Waals surface area contributed by atoms with Gasteiger partial charge >= 0.3 is 0 Å². The fourth-order valence-corrected chi connectivity index (χ4v) is 3.75. The molecule has 2 aliphatic heterocycles. The third-order valence-corrected chi connectivity index (χ3v) is 5.46. The number of aliphatic hydroxyl groups excluding tert-OH is 4. The molecule has 2 aliphatic rings. The van der Waals surface area contributed by atoms with Gasteiger partial charge in [0.15, 0.2) is 5.78 Å². The van der Waals surface area contributed by atoms with E-state index in [0.717, 1.165) is 5.56 Å². The fourth-order valence-electron chi connectivity index (χ4n) is 3.75. The highest BCUT2D eigenvalue weighted by molar-refractivity contribution is 6.02. The Labute approximate surface area is 178 Å². The molecule has 4 rings (SSSR count). The first kappa shape index (κ1) is 21.5. The summed E-state index contributed by atoms with van der Waals surface area (Å²) in [6.07, 6.45) is -7.72. The number of hydrogen-bond donors (Lipinski definition) is 4. The molecule has 0 aromatic heterocycles.